The van der Waals surface area contributed by atoms with Gasteiger partial charge in [-0.25, -0.2) is 0 Å². The Kier molecular flexibility index (Phi) is 4.73. The first-order valence-corrected chi connectivity index (χ1v) is 7.37. The lowest BCUT2D eigenvalue weighted by atomic mass is 9.95. The number of nitro groups is 1. The molecule has 2 rings (SSSR count). The molecule has 5 nitrogen and oxygen atoms in total. The van der Waals surface area contributed by atoms with E-state index >= 15 is 0 Å². The number of benzene rings is 1. The van der Waals surface area contributed by atoms with E-state index in [0.717, 1.165) is 12.8 Å². The number of rotatable bonds is 6. The van der Waals surface area contributed by atoms with E-state index in [1.807, 2.05) is 6.07 Å². The van der Waals surface area contributed by atoms with Crippen molar-refractivity contribution in [1.29, 1.82) is 0 Å². The molecule has 2 aromatic rings. The number of hydrogen-bond donors (Lipinski definition) is 1. The van der Waals surface area contributed by atoms with Crippen LogP contribution in [0.25, 0.3) is 10.9 Å². The highest BCUT2D eigenvalue weighted by atomic mass is 16.6. The van der Waals surface area contributed by atoms with Crippen molar-refractivity contribution in [3.05, 3.63) is 40.6 Å². The van der Waals surface area contributed by atoms with Crippen LogP contribution in [-0.4, -0.2) is 15.9 Å². The number of fused-ring (bicyclic) bond motifs is 1. The van der Waals surface area contributed by atoms with Gasteiger partial charge in [0.2, 0.25) is 0 Å². The molecule has 0 fully saturated rings. The summed E-state index contributed by atoms with van der Waals surface area (Å²) >= 11 is 0. The first-order chi connectivity index (χ1) is 10.1. The summed E-state index contributed by atoms with van der Waals surface area (Å²) in [5.41, 5.74) is 1.32. The number of nitrogens with zero attached hydrogens (tertiary/aromatic N) is 2. The molecule has 0 aliphatic heterocycles. The molecule has 1 aromatic heterocycles. The molecule has 112 valence electrons. The number of nitro benzene ring substituents is 1. The highest BCUT2D eigenvalue weighted by Crippen LogP contribution is 2.33. The van der Waals surface area contributed by atoms with Crippen molar-refractivity contribution in [2.24, 2.45) is 5.92 Å². The van der Waals surface area contributed by atoms with Gasteiger partial charge >= 0.3 is 5.69 Å². The van der Waals surface area contributed by atoms with Gasteiger partial charge in [-0.05, 0) is 37.1 Å². The molecule has 1 heterocycles. The molecule has 5 heteroatoms. The predicted octanol–water partition coefficient (Wildman–Crippen LogP) is 4.38. The molecule has 21 heavy (non-hydrogen) atoms. The van der Waals surface area contributed by atoms with Crippen molar-refractivity contribution in [3.63, 3.8) is 0 Å². The Morgan fingerprint density at radius 2 is 2.00 bits per heavy atom. The molecule has 1 aromatic carbocycles. The third-order valence-electron chi connectivity index (χ3n) is 4.08. The van der Waals surface area contributed by atoms with Crippen LogP contribution in [0.3, 0.4) is 0 Å². The van der Waals surface area contributed by atoms with Crippen LogP contribution in [-0.2, 0) is 0 Å². The molecule has 0 aliphatic carbocycles. The smallest absolute Gasteiger partial charge is 0.301 e. The van der Waals surface area contributed by atoms with Gasteiger partial charge in [-0.2, -0.15) is 0 Å². The second-order valence-electron chi connectivity index (χ2n) is 5.30. The Balaban J connectivity index is 2.44. The first-order valence-electron chi connectivity index (χ1n) is 7.37. The van der Waals surface area contributed by atoms with Crippen molar-refractivity contribution in [2.75, 3.05) is 5.32 Å². The maximum absolute atomic E-state index is 11.5. The van der Waals surface area contributed by atoms with Crippen molar-refractivity contribution >= 4 is 22.3 Å². The van der Waals surface area contributed by atoms with Gasteiger partial charge in [-0.3, -0.25) is 15.1 Å². The fourth-order valence-corrected chi connectivity index (χ4v) is 2.81. The zero-order valence-corrected chi connectivity index (χ0v) is 12.7. The molecule has 0 amide bonds. The first kappa shape index (κ1) is 15.2. The maximum Gasteiger partial charge on any atom is 0.301 e. The second kappa shape index (κ2) is 6.52. The second-order valence-corrected chi connectivity index (χ2v) is 5.30. The molecule has 0 radical (unpaired) electrons. The van der Waals surface area contributed by atoms with E-state index in [1.165, 1.54) is 0 Å². The molecular formula is C16H21N3O2. The average molecular weight is 287 g/mol. The van der Waals surface area contributed by atoms with Crippen molar-refractivity contribution in [3.8, 4) is 0 Å². The lowest BCUT2D eigenvalue weighted by Gasteiger charge is -2.23. The minimum Gasteiger partial charge on any atom is -0.377 e. The van der Waals surface area contributed by atoms with Gasteiger partial charge in [0.15, 0.2) is 0 Å². The Morgan fingerprint density at radius 1 is 1.29 bits per heavy atom. The van der Waals surface area contributed by atoms with Gasteiger partial charge in [0.1, 0.15) is 5.69 Å². The summed E-state index contributed by atoms with van der Waals surface area (Å²) in [6.45, 7) is 6.37. The molecule has 0 saturated heterocycles. The minimum atomic E-state index is -0.327. The summed E-state index contributed by atoms with van der Waals surface area (Å²) in [6.07, 6.45) is 3.74. The fraction of sp³-hybridized carbons (Fsp3) is 0.438. The molecule has 1 unspecified atom stereocenters. The Morgan fingerprint density at radius 3 is 2.62 bits per heavy atom. The Labute approximate surface area is 124 Å². The van der Waals surface area contributed by atoms with Crippen LogP contribution in [0.1, 0.15) is 33.6 Å². The van der Waals surface area contributed by atoms with Crippen LogP contribution < -0.4 is 5.32 Å². The number of nitrogens with one attached hydrogen (secondary N) is 1. The summed E-state index contributed by atoms with van der Waals surface area (Å²) in [5, 5.41) is 15.4. The van der Waals surface area contributed by atoms with Gasteiger partial charge in [0.05, 0.1) is 15.8 Å². The van der Waals surface area contributed by atoms with Crippen molar-refractivity contribution in [1.82, 2.24) is 4.98 Å². The Hall–Kier alpha value is -2.17. The molecule has 0 saturated carbocycles. The van der Waals surface area contributed by atoms with E-state index in [9.17, 15) is 10.1 Å². The van der Waals surface area contributed by atoms with Crippen LogP contribution >= 0.6 is 0 Å². The lowest BCUT2D eigenvalue weighted by molar-refractivity contribution is -0.382. The molecule has 0 spiro atoms. The van der Waals surface area contributed by atoms with Gasteiger partial charge in [-0.15, -0.1) is 0 Å². The zero-order chi connectivity index (χ0) is 15.4. The van der Waals surface area contributed by atoms with E-state index in [-0.39, 0.29) is 16.7 Å². The fourth-order valence-electron chi connectivity index (χ4n) is 2.81. The molecular weight excluding hydrogens is 266 g/mol. The summed E-state index contributed by atoms with van der Waals surface area (Å²) in [4.78, 5) is 15.3. The maximum atomic E-state index is 11.5. The summed E-state index contributed by atoms with van der Waals surface area (Å²) < 4.78 is 0. The zero-order valence-electron chi connectivity index (χ0n) is 12.7. The summed E-state index contributed by atoms with van der Waals surface area (Å²) in [5.74, 6) is 0.495. The van der Waals surface area contributed by atoms with Crippen LogP contribution in [0, 0.1) is 16.0 Å². The number of anilines is 1. The van der Waals surface area contributed by atoms with E-state index in [1.54, 1.807) is 24.4 Å². The third kappa shape index (κ3) is 3.12. The summed E-state index contributed by atoms with van der Waals surface area (Å²) in [7, 11) is 0. The third-order valence-corrected chi connectivity index (χ3v) is 4.08. The van der Waals surface area contributed by atoms with E-state index in [4.69, 9.17) is 0 Å². The quantitative estimate of drug-likeness (QED) is 0.632. The standard InChI is InChI=1S/C16H21N3O2/c1-4-12(5-2)11(3)18-15-9-8-14-13(7-6-10-17-14)16(15)19(20)21/h6-12,18H,4-5H2,1-3H3. The minimum absolute atomic E-state index is 0.110. The molecule has 1 atom stereocenters. The number of hydrogen-bond acceptors (Lipinski definition) is 4. The van der Waals surface area contributed by atoms with E-state index < -0.39 is 0 Å². The van der Waals surface area contributed by atoms with Crippen molar-refractivity contribution < 1.29 is 4.92 Å². The predicted molar refractivity (Wildman–Crippen MR) is 85.6 cm³/mol. The molecule has 0 aliphatic rings. The number of aromatic nitrogens is 1. The van der Waals surface area contributed by atoms with E-state index in [0.29, 0.717) is 22.5 Å². The lowest BCUT2D eigenvalue weighted by Crippen LogP contribution is -2.25. The summed E-state index contributed by atoms with van der Waals surface area (Å²) in [6, 6.07) is 7.24. The van der Waals surface area contributed by atoms with E-state index in [2.05, 4.69) is 31.1 Å². The number of pyridine rings is 1. The van der Waals surface area contributed by atoms with Crippen molar-refractivity contribution in [2.45, 2.75) is 39.7 Å². The largest absolute Gasteiger partial charge is 0.377 e. The average Bonchev–Trinajstić information content (AvgIpc) is 2.47. The SMILES string of the molecule is CCC(CC)C(C)Nc1ccc2ncccc2c1[N+](=O)[O-]. The van der Waals surface area contributed by atoms with Gasteiger partial charge in [0.25, 0.3) is 0 Å². The van der Waals surface area contributed by atoms with Crippen LogP contribution in [0.5, 0.6) is 0 Å². The van der Waals surface area contributed by atoms with Gasteiger partial charge < -0.3 is 5.32 Å². The van der Waals surface area contributed by atoms with Gasteiger partial charge in [0, 0.05) is 12.2 Å². The molecule has 1 N–H and O–H groups in total. The van der Waals surface area contributed by atoms with Crippen LogP contribution in [0.15, 0.2) is 30.5 Å². The highest BCUT2D eigenvalue weighted by Gasteiger charge is 2.22. The normalized spacial score (nSPS) is 12.6. The van der Waals surface area contributed by atoms with Crippen LogP contribution in [0.2, 0.25) is 0 Å². The monoisotopic (exact) mass is 287 g/mol. The Bertz CT molecular complexity index is 638. The highest BCUT2D eigenvalue weighted by molar-refractivity contribution is 5.94. The van der Waals surface area contributed by atoms with Crippen LogP contribution in [0.4, 0.5) is 11.4 Å². The van der Waals surface area contributed by atoms with Gasteiger partial charge in [-0.1, -0.05) is 26.7 Å². The topological polar surface area (TPSA) is 68.1 Å². The molecule has 0 bridgehead atoms.